The maximum absolute atomic E-state index is 9.96. The lowest BCUT2D eigenvalue weighted by molar-refractivity contribution is 0.175. The van der Waals surface area contributed by atoms with E-state index >= 15 is 0 Å². The van der Waals surface area contributed by atoms with Crippen LogP contribution in [0.5, 0.6) is 5.75 Å². The highest BCUT2D eigenvalue weighted by Gasteiger charge is 2.09. The molecule has 0 spiro atoms. The van der Waals surface area contributed by atoms with Gasteiger partial charge in [-0.1, -0.05) is 12.1 Å². The Kier molecular flexibility index (Phi) is 4.12. The molecule has 1 aromatic heterocycles. The summed E-state index contributed by atoms with van der Waals surface area (Å²) in [4.78, 5) is 4.17. The number of methoxy groups -OCH3 is 1. The average Bonchev–Trinajstić information content (AvgIpc) is 2.82. The Hall–Kier alpha value is -1.39. The fraction of sp³-hybridized carbons (Fsp3) is 0.308. The second kappa shape index (κ2) is 5.80. The third kappa shape index (κ3) is 3.54. The Morgan fingerprint density at radius 2 is 2.29 bits per heavy atom. The molecule has 3 nitrogen and oxygen atoms in total. The highest BCUT2D eigenvalue weighted by atomic mass is 32.1. The number of rotatable bonds is 5. The number of aliphatic hydroxyl groups is 1. The van der Waals surface area contributed by atoms with E-state index in [9.17, 15) is 5.11 Å². The van der Waals surface area contributed by atoms with E-state index in [4.69, 9.17) is 4.74 Å². The maximum Gasteiger partial charge on any atom is 0.119 e. The van der Waals surface area contributed by atoms with E-state index in [0.29, 0.717) is 12.8 Å². The van der Waals surface area contributed by atoms with Crippen LogP contribution < -0.4 is 4.74 Å². The van der Waals surface area contributed by atoms with Crippen LogP contribution in [0.4, 0.5) is 0 Å². The van der Waals surface area contributed by atoms with Crippen LogP contribution in [0.2, 0.25) is 0 Å². The topological polar surface area (TPSA) is 42.4 Å². The summed E-state index contributed by atoms with van der Waals surface area (Å²) in [5.74, 6) is 0.823. The normalized spacial score (nSPS) is 12.4. The second-order valence-electron chi connectivity index (χ2n) is 3.84. The molecule has 4 heteroatoms. The molecule has 90 valence electrons. The van der Waals surface area contributed by atoms with Crippen molar-refractivity contribution in [2.45, 2.75) is 18.9 Å². The van der Waals surface area contributed by atoms with E-state index in [-0.39, 0.29) is 0 Å². The van der Waals surface area contributed by atoms with E-state index in [1.54, 1.807) is 24.6 Å². The largest absolute Gasteiger partial charge is 0.497 e. The summed E-state index contributed by atoms with van der Waals surface area (Å²) in [6.07, 6.45) is 2.59. The van der Waals surface area contributed by atoms with Crippen molar-refractivity contribution in [2.24, 2.45) is 0 Å². The lowest BCUT2D eigenvalue weighted by atomic mass is 10.1. The summed E-state index contributed by atoms with van der Waals surface area (Å²) in [5, 5.41) is 12.9. The highest BCUT2D eigenvalue weighted by Crippen LogP contribution is 2.16. The van der Waals surface area contributed by atoms with Crippen molar-refractivity contribution >= 4 is 11.3 Å². The number of hydrogen-bond donors (Lipinski definition) is 1. The van der Waals surface area contributed by atoms with Crippen molar-refractivity contribution in [2.75, 3.05) is 7.11 Å². The highest BCUT2D eigenvalue weighted by molar-refractivity contribution is 7.09. The summed E-state index contributed by atoms with van der Waals surface area (Å²) in [6, 6.07) is 7.78. The van der Waals surface area contributed by atoms with Gasteiger partial charge >= 0.3 is 0 Å². The first-order valence-corrected chi connectivity index (χ1v) is 6.35. The monoisotopic (exact) mass is 249 g/mol. The van der Waals surface area contributed by atoms with Crippen LogP contribution in [-0.2, 0) is 12.8 Å². The van der Waals surface area contributed by atoms with Crippen molar-refractivity contribution in [3.05, 3.63) is 46.4 Å². The van der Waals surface area contributed by atoms with E-state index in [1.165, 1.54) is 0 Å². The standard InChI is InChI=1S/C13H15NO2S/c1-16-12-4-2-3-10(8-12)7-11(15)9-13-14-5-6-17-13/h2-6,8,11,15H,7,9H2,1H3. The summed E-state index contributed by atoms with van der Waals surface area (Å²) in [6.45, 7) is 0. The molecule has 1 atom stereocenters. The lowest BCUT2D eigenvalue weighted by Crippen LogP contribution is -2.13. The van der Waals surface area contributed by atoms with Crippen molar-refractivity contribution in [1.82, 2.24) is 4.98 Å². The summed E-state index contributed by atoms with van der Waals surface area (Å²) in [5.41, 5.74) is 1.08. The van der Waals surface area contributed by atoms with Gasteiger partial charge in [0.25, 0.3) is 0 Å². The molecule has 1 unspecified atom stereocenters. The van der Waals surface area contributed by atoms with Gasteiger partial charge in [-0.15, -0.1) is 11.3 Å². The van der Waals surface area contributed by atoms with Crippen LogP contribution in [0.25, 0.3) is 0 Å². The number of hydrogen-bond acceptors (Lipinski definition) is 4. The van der Waals surface area contributed by atoms with Crippen molar-refractivity contribution < 1.29 is 9.84 Å². The van der Waals surface area contributed by atoms with Gasteiger partial charge in [0.15, 0.2) is 0 Å². The van der Waals surface area contributed by atoms with E-state index in [1.807, 2.05) is 29.6 Å². The summed E-state index contributed by atoms with van der Waals surface area (Å²) < 4.78 is 5.15. The molecule has 0 amide bonds. The minimum atomic E-state index is -0.395. The molecule has 0 saturated heterocycles. The number of nitrogens with zero attached hydrogens (tertiary/aromatic N) is 1. The number of benzene rings is 1. The van der Waals surface area contributed by atoms with Crippen molar-refractivity contribution in [1.29, 1.82) is 0 Å². The lowest BCUT2D eigenvalue weighted by Gasteiger charge is -2.09. The minimum absolute atomic E-state index is 0.395. The van der Waals surface area contributed by atoms with Gasteiger partial charge in [-0.3, -0.25) is 0 Å². The smallest absolute Gasteiger partial charge is 0.119 e. The first kappa shape index (κ1) is 12.1. The third-order valence-electron chi connectivity index (χ3n) is 2.50. The molecule has 1 aromatic carbocycles. The van der Waals surface area contributed by atoms with Crippen LogP contribution in [0.3, 0.4) is 0 Å². The zero-order valence-corrected chi connectivity index (χ0v) is 10.5. The Morgan fingerprint density at radius 3 is 3.00 bits per heavy atom. The van der Waals surface area contributed by atoms with Gasteiger partial charge in [0.05, 0.1) is 18.2 Å². The van der Waals surface area contributed by atoms with Crippen LogP contribution in [0.1, 0.15) is 10.6 Å². The van der Waals surface area contributed by atoms with Crippen LogP contribution in [-0.4, -0.2) is 23.3 Å². The fourth-order valence-electron chi connectivity index (χ4n) is 1.70. The molecule has 0 radical (unpaired) electrons. The molecule has 17 heavy (non-hydrogen) atoms. The minimum Gasteiger partial charge on any atom is -0.497 e. The molecule has 2 rings (SSSR count). The molecule has 0 aliphatic rings. The molecule has 0 aliphatic carbocycles. The third-order valence-corrected chi connectivity index (χ3v) is 3.30. The Morgan fingerprint density at radius 1 is 1.41 bits per heavy atom. The van der Waals surface area contributed by atoms with Crippen LogP contribution >= 0.6 is 11.3 Å². The SMILES string of the molecule is COc1cccc(CC(O)Cc2nccs2)c1. The molecular formula is C13H15NO2S. The molecular weight excluding hydrogens is 234 g/mol. The Labute approximate surface area is 105 Å². The summed E-state index contributed by atoms with van der Waals surface area (Å²) in [7, 11) is 1.64. The van der Waals surface area contributed by atoms with Gasteiger partial charge in [0, 0.05) is 18.0 Å². The van der Waals surface area contributed by atoms with Gasteiger partial charge in [-0.05, 0) is 24.1 Å². The van der Waals surface area contributed by atoms with E-state index < -0.39 is 6.10 Å². The molecule has 0 bridgehead atoms. The predicted molar refractivity (Wildman–Crippen MR) is 68.5 cm³/mol. The first-order valence-electron chi connectivity index (χ1n) is 5.47. The first-order chi connectivity index (χ1) is 8.28. The van der Waals surface area contributed by atoms with Crippen molar-refractivity contribution in [3.8, 4) is 5.75 Å². The molecule has 1 N–H and O–H groups in total. The molecule has 1 heterocycles. The van der Waals surface area contributed by atoms with Gasteiger partial charge in [-0.2, -0.15) is 0 Å². The number of thiazole rings is 1. The average molecular weight is 249 g/mol. The predicted octanol–water partition coefficient (Wildman–Crippen LogP) is 2.30. The van der Waals surface area contributed by atoms with Gasteiger partial charge < -0.3 is 9.84 Å². The quantitative estimate of drug-likeness (QED) is 0.884. The van der Waals surface area contributed by atoms with Gasteiger partial charge in [-0.25, -0.2) is 4.98 Å². The van der Waals surface area contributed by atoms with Crippen LogP contribution in [0.15, 0.2) is 35.8 Å². The fourth-order valence-corrected chi connectivity index (χ4v) is 2.39. The number of ether oxygens (including phenoxy) is 1. The molecule has 2 aromatic rings. The van der Waals surface area contributed by atoms with E-state index in [2.05, 4.69) is 4.98 Å². The molecule has 0 fully saturated rings. The molecule has 0 aliphatic heterocycles. The number of aliphatic hydroxyl groups excluding tert-OH is 1. The summed E-state index contributed by atoms with van der Waals surface area (Å²) >= 11 is 1.57. The zero-order valence-electron chi connectivity index (χ0n) is 9.67. The van der Waals surface area contributed by atoms with Crippen molar-refractivity contribution in [3.63, 3.8) is 0 Å². The Balaban J connectivity index is 1.95. The Bertz CT molecular complexity index is 456. The van der Waals surface area contributed by atoms with Gasteiger partial charge in [0.2, 0.25) is 0 Å². The molecule has 0 saturated carbocycles. The zero-order chi connectivity index (χ0) is 12.1. The maximum atomic E-state index is 9.96. The van der Waals surface area contributed by atoms with E-state index in [0.717, 1.165) is 16.3 Å². The second-order valence-corrected chi connectivity index (χ2v) is 4.82. The van der Waals surface area contributed by atoms with Crippen LogP contribution in [0, 0.1) is 0 Å². The number of aromatic nitrogens is 1. The van der Waals surface area contributed by atoms with Gasteiger partial charge in [0.1, 0.15) is 5.75 Å².